The monoisotopic (exact) mass is 335 g/mol. The van der Waals surface area contributed by atoms with Gasteiger partial charge < -0.3 is 20.3 Å². The molecule has 0 saturated heterocycles. The van der Waals surface area contributed by atoms with E-state index >= 15 is 0 Å². The number of hydrogen-bond acceptors (Lipinski definition) is 4. The largest absolute Gasteiger partial charge is 0.507 e. The summed E-state index contributed by atoms with van der Waals surface area (Å²) in [5.74, 6) is -1.58. The number of nitrogens with one attached hydrogen (secondary N) is 1. The average Bonchev–Trinajstić information content (AvgIpc) is 2.46. The van der Waals surface area contributed by atoms with Crippen LogP contribution in [-0.4, -0.2) is 28.7 Å². The molecule has 0 aliphatic rings. The second-order valence-electron chi connectivity index (χ2n) is 4.78. The van der Waals surface area contributed by atoms with Gasteiger partial charge in [-0.3, -0.25) is 4.79 Å². The van der Waals surface area contributed by atoms with Crippen LogP contribution in [0.15, 0.2) is 36.4 Å². The van der Waals surface area contributed by atoms with E-state index in [1.165, 1.54) is 12.1 Å². The minimum atomic E-state index is -1.25. The van der Waals surface area contributed by atoms with Crippen LogP contribution < -0.4 is 10.1 Å². The summed E-state index contributed by atoms with van der Waals surface area (Å²) < 4.78 is 5.39. The number of aromatic hydroxyl groups is 1. The second kappa shape index (κ2) is 7.02. The summed E-state index contributed by atoms with van der Waals surface area (Å²) in [6, 6.07) is 8.79. The van der Waals surface area contributed by atoms with Gasteiger partial charge in [-0.05, 0) is 42.8 Å². The van der Waals surface area contributed by atoms with Crippen LogP contribution >= 0.6 is 11.6 Å². The molecule has 3 N–H and O–H groups in total. The molecule has 2 aromatic rings. The summed E-state index contributed by atoms with van der Waals surface area (Å²) in [5.41, 5.74) is 0.832. The molecule has 0 aliphatic carbocycles. The van der Waals surface area contributed by atoms with Crippen LogP contribution in [0, 0.1) is 6.92 Å². The van der Waals surface area contributed by atoms with E-state index in [2.05, 4.69) is 5.32 Å². The number of carboxylic acids is 1. The number of amides is 1. The first-order valence-electron chi connectivity index (χ1n) is 6.62. The topological polar surface area (TPSA) is 95.9 Å². The molecule has 0 radical (unpaired) electrons. The summed E-state index contributed by atoms with van der Waals surface area (Å²) in [6.07, 6.45) is 0. The van der Waals surface area contributed by atoms with Crippen LogP contribution in [0.1, 0.15) is 15.9 Å². The number of anilines is 1. The molecule has 0 heterocycles. The number of hydrogen-bond donors (Lipinski definition) is 3. The zero-order valence-corrected chi connectivity index (χ0v) is 12.9. The molecule has 0 fully saturated rings. The van der Waals surface area contributed by atoms with Gasteiger partial charge in [0, 0.05) is 16.8 Å². The molecule has 0 atom stereocenters. The molecular weight excluding hydrogens is 322 g/mol. The van der Waals surface area contributed by atoms with Gasteiger partial charge in [-0.15, -0.1) is 0 Å². The van der Waals surface area contributed by atoms with Gasteiger partial charge in [-0.2, -0.15) is 0 Å². The predicted octanol–water partition coefficient (Wildman–Crippen LogP) is 3.07. The Bertz CT molecular complexity index is 760. The lowest BCUT2D eigenvalue weighted by Crippen LogP contribution is -2.20. The molecule has 0 aliphatic heterocycles. The molecule has 120 valence electrons. The average molecular weight is 336 g/mol. The third-order valence-electron chi connectivity index (χ3n) is 3.01. The molecule has 0 aromatic heterocycles. The Kier molecular flexibility index (Phi) is 5.08. The maximum Gasteiger partial charge on any atom is 0.339 e. The van der Waals surface area contributed by atoms with Crippen molar-refractivity contribution in [3.05, 3.63) is 52.5 Å². The fraction of sp³-hybridized carbons (Fsp3) is 0.125. The Balaban J connectivity index is 1.97. The van der Waals surface area contributed by atoms with Crippen molar-refractivity contribution in [3.63, 3.8) is 0 Å². The van der Waals surface area contributed by atoms with Gasteiger partial charge in [0.1, 0.15) is 17.1 Å². The first-order valence-corrected chi connectivity index (χ1v) is 6.99. The van der Waals surface area contributed by atoms with E-state index in [1.54, 1.807) is 18.2 Å². The fourth-order valence-corrected chi connectivity index (χ4v) is 2.13. The van der Waals surface area contributed by atoms with Crippen LogP contribution in [0.5, 0.6) is 11.5 Å². The highest BCUT2D eigenvalue weighted by molar-refractivity contribution is 6.30. The normalized spacial score (nSPS) is 10.2. The summed E-state index contributed by atoms with van der Waals surface area (Å²) in [7, 11) is 0. The minimum Gasteiger partial charge on any atom is -0.507 e. The zero-order chi connectivity index (χ0) is 17.0. The van der Waals surface area contributed by atoms with E-state index < -0.39 is 17.6 Å². The third kappa shape index (κ3) is 4.37. The highest BCUT2D eigenvalue weighted by Crippen LogP contribution is 2.23. The van der Waals surface area contributed by atoms with Crippen molar-refractivity contribution in [1.29, 1.82) is 0 Å². The first kappa shape index (κ1) is 16.6. The minimum absolute atomic E-state index is 0.232. The van der Waals surface area contributed by atoms with E-state index in [-0.39, 0.29) is 17.9 Å². The van der Waals surface area contributed by atoms with E-state index in [0.29, 0.717) is 10.8 Å². The van der Waals surface area contributed by atoms with Crippen molar-refractivity contribution in [3.8, 4) is 11.5 Å². The smallest absolute Gasteiger partial charge is 0.339 e. The van der Waals surface area contributed by atoms with Gasteiger partial charge in [-0.25, -0.2) is 4.79 Å². The Hall–Kier alpha value is -2.73. The number of rotatable bonds is 5. The van der Waals surface area contributed by atoms with Gasteiger partial charge in [-0.1, -0.05) is 11.6 Å². The summed E-state index contributed by atoms with van der Waals surface area (Å²) in [6.45, 7) is 1.58. The summed E-state index contributed by atoms with van der Waals surface area (Å²) >= 11 is 5.84. The Labute approximate surface area is 137 Å². The first-order chi connectivity index (χ1) is 10.9. The maximum atomic E-state index is 11.8. The molecule has 6 nitrogen and oxygen atoms in total. The second-order valence-corrected chi connectivity index (χ2v) is 5.22. The summed E-state index contributed by atoms with van der Waals surface area (Å²) in [5, 5.41) is 21.5. The van der Waals surface area contributed by atoms with Crippen LogP contribution in [0.4, 0.5) is 5.69 Å². The van der Waals surface area contributed by atoms with Crippen molar-refractivity contribution >= 4 is 29.2 Å². The number of ether oxygens (including phenoxy) is 1. The highest BCUT2D eigenvalue weighted by Gasteiger charge is 2.11. The molecule has 2 rings (SSSR count). The SMILES string of the molecule is Cc1cc(Cl)ccc1OCC(=O)Nc1ccc(C(=O)O)c(O)c1. The fourth-order valence-electron chi connectivity index (χ4n) is 1.91. The molecule has 0 spiro atoms. The molecule has 0 bridgehead atoms. The number of aromatic carboxylic acids is 1. The van der Waals surface area contributed by atoms with Gasteiger partial charge in [0.25, 0.3) is 5.91 Å². The Morgan fingerprint density at radius 3 is 2.57 bits per heavy atom. The number of carbonyl (C=O) groups excluding carboxylic acids is 1. The lowest BCUT2D eigenvalue weighted by atomic mass is 10.2. The molecule has 1 amide bonds. The van der Waals surface area contributed by atoms with Gasteiger partial charge in [0.2, 0.25) is 0 Å². The zero-order valence-electron chi connectivity index (χ0n) is 12.2. The van der Waals surface area contributed by atoms with Gasteiger partial charge >= 0.3 is 5.97 Å². The Morgan fingerprint density at radius 1 is 1.22 bits per heavy atom. The number of halogens is 1. The van der Waals surface area contributed by atoms with Gasteiger partial charge in [0.05, 0.1) is 0 Å². The van der Waals surface area contributed by atoms with E-state index in [4.69, 9.17) is 21.4 Å². The van der Waals surface area contributed by atoms with Crippen molar-refractivity contribution in [1.82, 2.24) is 0 Å². The van der Waals surface area contributed by atoms with Gasteiger partial charge in [0.15, 0.2) is 6.61 Å². The lowest BCUT2D eigenvalue weighted by molar-refractivity contribution is -0.118. The number of aryl methyl sites for hydroxylation is 1. The summed E-state index contributed by atoms with van der Waals surface area (Å²) in [4.78, 5) is 22.6. The molecular formula is C16H14ClNO5. The van der Waals surface area contributed by atoms with Crippen molar-refractivity contribution in [2.75, 3.05) is 11.9 Å². The molecule has 7 heteroatoms. The lowest BCUT2D eigenvalue weighted by Gasteiger charge is -2.10. The van der Waals surface area contributed by atoms with Crippen LogP contribution in [0.3, 0.4) is 0 Å². The van der Waals surface area contributed by atoms with Crippen LogP contribution in [0.25, 0.3) is 0 Å². The highest BCUT2D eigenvalue weighted by atomic mass is 35.5. The van der Waals surface area contributed by atoms with E-state index in [0.717, 1.165) is 11.6 Å². The molecule has 2 aromatic carbocycles. The van der Waals surface area contributed by atoms with Crippen molar-refractivity contribution in [2.45, 2.75) is 6.92 Å². The van der Waals surface area contributed by atoms with Crippen LogP contribution in [-0.2, 0) is 4.79 Å². The van der Waals surface area contributed by atoms with Crippen LogP contribution in [0.2, 0.25) is 5.02 Å². The molecule has 0 unspecified atom stereocenters. The number of carboxylic acid groups (broad SMARTS) is 1. The van der Waals surface area contributed by atoms with E-state index in [9.17, 15) is 14.7 Å². The third-order valence-corrected chi connectivity index (χ3v) is 3.24. The molecule has 0 saturated carbocycles. The number of benzene rings is 2. The van der Waals surface area contributed by atoms with Crippen molar-refractivity contribution < 1.29 is 24.5 Å². The van der Waals surface area contributed by atoms with E-state index in [1.807, 2.05) is 6.92 Å². The maximum absolute atomic E-state index is 11.8. The molecule has 23 heavy (non-hydrogen) atoms. The number of carbonyl (C=O) groups is 2. The standard InChI is InChI=1S/C16H14ClNO5/c1-9-6-10(17)2-5-14(9)23-8-15(20)18-11-3-4-12(16(21)22)13(19)7-11/h2-7,19H,8H2,1H3,(H,18,20)(H,21,22). The predicted molar refractivity (Wildman–Crippen MR) is 85.4 cm³/mol. The van der Waals surface area contributed by atoms with Crippen molar-refractivity contribution in [2.24, 2.45) is 0 Å². The quantitative estimate of drug-likeness (QED) is 0.780. The number of phenols is 1. The Morgan fingerprint density at radius 2 is 1.96 bits per heavy atom.